The number of hydrogen-bond donors (Lipinski definition) is 0. The van der Waals surface area contributed by atoms with Crippen LogP contribution in [0.2, 0.25) is 0 Å². The third kappa shape index (κ3) is 2.31. The quantitative estimate of drug-likeness (QED) is 0.751. The van der Waals surface area contributed by atoms with Crippen LogP contribution in [-0.2, 0) is 9.84 Å². The highest BCUT2D eigenvalue weighted by Gasteiger charge is 2.46. The molecule has 0 unspecified atom stereocenters. The minimum absolute atomic E-state index is 0.359. The number of hydrogen-bond acceptors (Lipinski definition) is 2. The van der Waals surface area contributed by atoms with Gasteiger partial charge in [-0.05, 0) is 43.2 Å². The number of sulfone groups is 1. The predicted molar refractivity (Wildman–Crippen MR) is 48.0 cm³/mol. The molecule has 0 heterocycles. The topological polar surface area (TPSA) is 34.1 Å². The maximum absolute atomic E-state index is 12.2. The molecule has 2 nitrogen and oxygen atoms in total. The van der Waals surface area contributed by atoms with Gasteiger partial charge in [0, 0.05) is 0 Å². The van der Waals surface area contributed by atoms with Crippen LogP contribution >= 0.6 is 0 Å². The van der Waals surface area contributed by atoms with E-state index in [4.69, 9.17) is 0 Å². The Morgan fingerprint density at radius 3 is 1.87 bits per heavy atom. The Bertz CT molecular complexity index is 454. The molecular weight excluding hydrogens is 229 g/mol. The van der Waals surface area contributed by atoms with Gasteiger partial charge >= 0.3 is 5.51 Å². The van der Waals surface area contributed by atoms with Crippen molar-refractivity contribution in [3.63, 3.8) is 0 Å². The van der Waals surface area contributed by atoms with Crippen LogP contribution in [0.15, 0.2) is 17.0 Å². The summed E-state index contributed by atoms with van der Waals surface area (Å²) in [7, 11) is -5.24. The van der Waals surface area contributed by atoms with Crippen molar-refractivity contribution in [1.82, 2.24) is 0 Å². The molecule has 0 spiro atoms. The molecule has 0 fully saturated rings. The molecule has 0 atom stereocenters. The molecule has 0 saturated heterocycles. The van der Waals surface area contributed by atoms with E-state index in [1.54, 1.807) is 0 Å². The van der Waals surface area contributed by atoms with E-state index in [2.05, 4.69) is 6.07 Å². The summed E-state index contributed by atoms with van der Waals surface area (Å²) >= 11 is 0. The van der Waals surface area contributed by atoms with Crippen LogP contribution < -0.4 is 0 Å². The monoisotopic (exact) mass is 237 g/mol. The van der Waals surface area contributed by atoms with Crippen LogP contribution in [0.4, 0.5) is 13.2 Å². The second kappa shape index (κ2) is 3.52. The Kier molecular flexibility index (Phi) is 2.82. The fourth-order valence-corrected chi connectivity index (χ4v) is 2.07. The Morgan fingerprint density at radius 1 is 1.13 bits per heavy atom. The number of alkyl halides is 3. The lowest BCUT2D eigenvalue weighted by Crippen LogP contribution is -2.23. The molecule has 0 N–H and O–H groups in total. The van der Waals surface area contributed by atoms with Gasteiger partial charge in [-0.25, -0.2) is 8.42 Å². The molecule has 6 heteroatoms. The van der Waals surface area contributed by atoms with Gasteiger partial charge in [-0.15, -0.1) is 0 Å². The standard InChI is InChI=1S/C9H8F3O2S/c1-6-3-7(2)5-8(4-6)15(13,14)9(10,11)12/h4-5H,1-2H3. The minimum atomic E-state index is -5.26. The van der Waals surface area contributed by atoms with Crippen molar-refractivity contribution in [2.24, 2.45) is 0 Å². The molecule has 15 heavy (non-hydrogen) atoms. The van der Waals surface area contributed by atoms with Gasteiger partial charge in [0.25, 0.3) is 9.84 Å². The first-order chi connectivity index (χ1) is 6.64. The molecule has 0 amide bonds. The van der Waals surface area contributed by atoms with Crippen molar-refractivity contribution in [3.05, 3.63) is 29.3 Å². The zero-order valence-corrected chi connectivity index (χ0v) is 8.83. The highest BCUT2D eigenvalue weighted by Crippen LogP contribution is 2.30. The first-order valence-corrected chi connectivity index (χ1v) is 5.45. The molecule has 0 bridgehead atoms. The molecule has 0 aliphatic heterocycles. The van der Waals surface area contributed by atoms with Crippen LogP contribution in [0.1, 0.15) is 11.1 Å². The zero-order chi connectivity index (χ0) is 11.9. The second-order valence-electron chi connectivity index (χ2n) is 3.13. The van der Waals surface area contributed by atoms with Gasteiger partial charge in [-0.2, -0.15) is 13.2 Å². The summed E-state index contributed by atoms with van der Waals surface area (Å²) in [5.74, 6) is 0. The molecule has 0 aliphatic carbocycles. The van der Waals surface area contributed by atoms with Gasteiger partial charge in [0.2, 0.25) is 0 Å². The summed E-state index contributed by atoms with van der Waals surface area (Å²) in [5.41, 5.74) is -4.54. The van der Waals surface area contributed by atoms with Crippen LogP contribution in [0.3, 0.4) is 0 Å². The highest BCUT2D eigenvalue weighted by atomic mass is 32.2. The molecule has 1 aromatic rings. The Morgan fingerprint density at radius 2 is 1.53 bits per heavy atom. The fourth-order valence-electron chi connectivity index (χ4n) is 1.14. The van der Waals surface area contributed by atoms with E-state index in [1.807, 2.05) is 0 Å². The summed E-state index contributed by atoms with van der Waals surface area (Å²) < 4.78 is 58.6. The van der Waals surface area contributed by atoms with E-state index in [0.29, 0.717) is 11.1 Å². The molecule has 0 aliphatic rings. The summed E-state index contributed by atoms with van der Waals surface area (Å²) in [6, 6.07) is 4.61. The van der Waals surface area contributed by atoms with Gasteiger partial charge in [-0.3, -0.25) is 0 Å². The number of benzene rings is 1. The third-order valence-electron chi connectivity index (χ3n) is 1.73. The van der Waals surface area contributed by atoms with Crippen molar-refractivity contribution in [1.29, 1.82) is 0 Å². The summed E-state index contributed by atoms with van der Waals surface area (Å²) in [5, 5.41) is 0. The average molecular weight is 237 g/mol. The maximum atomic E-state index is 12.2. The normalized spacial score (nSPS) is 12.9. The average Bonchev–Trinajstić information content (AvgIpc) is 1.99. The largest absolute Gasteiger partial charge is 0.501 e. The smallest absolute Gasteiger partial charge is 0.214 e. The summed E-state index contributed by atoms with van der Waals surface area (Å²) in [6.45, 7) is 2.98. The molecule has 1 aromatic carbocycles. The molecule has 0 aromatic heterocycles. The van der Waals surface area contributed by atoms with Crippen LogP contribution in [0.5, 0.6) is 0 Å². The zero-order valence-electron chi connectivity index (χ0n) is 8.01. The SMILES string of the molecule is Cc1[c]c(C)cc(S(=O)(=O)C(F)(F)F)c1. The number of aryl methyl sites for hydroxylation is 2. The van der Waals surface area contributed by atoms with Crippen LogP contribution in [0.25, 0.3) is 0 Å². The van der Waals surface area contributed by atoms with E-state index >= 15 is 0 Å². The lowest BCUT2D eigenvalue weighted by molar-refractivity contribution is -0.0436. The number of rotatable bonds is 1. The molecule has 0 saturated carbocycles. The van der Waals surface area contributed by atoms with Crippen molar-refractivity contribution in [2.75, 3.05) is 0 Å². The summed E-state index contributed by atoms with van der Waals surface area (Å²) in [6.07, 6.45) is 0. The Hall–Kier alpha value is -1.04. The Balaban J connectivity index is 3.41. The van der Waals surface area contributed by atoms with Crippen molar-refractivity contribution < 1.29 is 21.6 Å². The summed E-state index contributed by atoms with van der Waals surface area (Å²) in [4.78, 5) is -0.733. The van der Waals surface area contributed by atoms with Gasteiger partial charge < -0.3 is 0 Å². The van der Waals surface area contributed by atoms with Gasteiger partial charge in [0.1, 0.15) is 0 Å². The lowest BCUT2D eigenvalue weighted by atomic mass is 10.2. The molecule has 1 rings (SSSR count). The van der Waals surface area contributed by atoms with Gasteiger partial charge in [-0.1, -0.05) is 0 Å². The van der Waals surface area contributed by atoms with E-state index in [0.717, 1.165) is 12.1 Å². The second-order valence-corrected chi connectivity index (χ2v) is 5.07. The highest BCUT2D eigenvalue weighted by molar-refractivity contribution is 7.92. The van der Waals surface area contributed by atoms with E-state index in [9.17, 15) is 21.6 Å². The minimum Gasteiger partial charge on any atom is -0.214 e. The molecule has 83 valence electrons. The lowest BCUT2D eigenvalue weighted by Gasteiger charge is -2.09. The first kappa shape index (κ1) is 12.0. The maximum Gasteiger partial charge on any atom is 0.501 e. The van der Waals surface area contributed by atoms with Crippen LogP contribution in [0, 0.1) is 19.9 Å². The van der Waals surface area contributed by atoms with Gasteiger partial charge in [0.05, 0.1) is 4.90 Å². The fraction of sp³-hybridized carbons (Fsp3) is 0.333. The predicted octanol–water partition coefficient (Wildman–Crippen LogP) is 2.40. The third-order valence-corrected chi connectivity index (χ3v) is 3.19. The first-order valence-electron chi connectivity index (χ1n) is 3.96. The molecule has 1 radical (unpaired) electrons. The van der Waals surface area contributed by atoms with Crippen molar-refractivity contribution in [2.45, 2.75) is 24.3 Å². The molecular formula is C9H8F3O2S. The van der Waals surface area contributed by atoms with Crippen molar-refractivity contribution in [3.8, 4) is 0 Å². The number of halogens is 3. The van der Waals surface area contributed by atoms with E-state index in [-0.39, 0.29) is 0 Å². The van der Waals surface area contributed by atoms with Crippen LogP contribution in [-0.4, -0.2) is 13.9 Å². The van der Waals surface area contributed by atoms with Crippen molar-refractivity contribution >= 4 is 9.84 Å². The Labute approximate surface area is 85.6 Å². The van der Waals surface area contributed by atoms with E-state index in [1.165, 1.54) is 13.8 Å². The van der Waals surface area contributed by atoms with E-state index < -0.39 is 20.2 Å². The van der Waals surface area contributed by atoms with Gasteiger partial charge in [0.15, 0.2) is 0 Å².